The molecule has 1 aromatic rings. The molecule has 0 atom stereocenters. The van der Waals surface area contributed by atoms with Gasteiger partial charge in [0.25, 0.3) is 0 Å². The van der Waals surface area contributed by atoms with E-state index in [1.54, 1.807) is 7.11 Å². The van der Waals surface area contributed by atoms with Gasteiger partial charge in [-0.05, 0) is 13.0 Å². The fourth-order valence-corrected chi connectivity index (χ4v) is 0.632. The summed E-state index contributed by atoms with van der Waals surface area (Å²) >= 11 is 0. The monoisotopic (exact) mass is 169 g/mol. The van der Waals surface area contributed by atoms with Gasteiger partial charge in [0, 0.05) is 11.8 Å². The molecule has 1 rings (SSSR count). The van der Waals surface area contributed by atoms with E-state index < -0.39 is 0 Å². The molecule has 0 saturated carbocycles. The van der Waals surface area contributed by atoms with E-state index >= 15 is 0 Å². The molecule has 12 heavy (non-hydrogen) atoms. The number of nitrogens with zero attached hydrogens (tertiary/aromatic N) is 1. The van der Waals surface area contributed by atoms with Gasteiger partial charge in [0.15, 0.2) is 0 Å². The third kappa shape index (κ3) is 4.72. The Morgan fingerprint density at radius 1 is 1.25 bits per heavy atom. The number of hydrogen-bond acceptors (Lipinski definition) is 2. The Morgan fingerprint density at radius 2 is 1.83 bits per heavy atom. The van der Waals surface area contributed by atoms with Crippen LogP contribution in [0, 0.1) is 6.92 Å². The Balaban J connectivity index is 0. The van der Waals surface area contributed by atoms with Gasteiger partial charge in [-0.2, -0.15) is 0 Å². The van der Waals surface area contributed by atoms with Gasteiger partial charge in [-0.3, -0.25) is 0 Å². The molecule has 0 N–H and O–H groups in total. The van der Waals surface area contributed by atoms with Gasteiger partial charge in [0.05, 0.1) is 7.11 Å². The van der Waals surface area contributed by atoms with Gasteiger partial charge in [-0.1, -0.05) is 27.3 Å². The number of pyridine rings is 1. The highest BCUT2D eigenvalue weighted by atomic mass is 16.5. The van der Waals surface area contributed by atoms with Gasteiger partial charge >= 0.3 is 0 Å². The maximum atomic E-state index is 4.88. The molecular formula is C10H19NO. The molecule has 0 fully saturated rings. The minimum atomic E-state index is 0. The van der Waals surface area contributed by atoms with Crippen LogP contribution in [0.5, 0.6) is 5.88 Å². The van der Waals surface area contributed by atoms with Crippen molar-refractivity contribution in [1.82, 2.24) is 4.98 Å². The van der Waals surface area contributed by atoms with Crippen molar-refractivity contribution < 1.29 is 4.74 Å². The molecule has 0 aromatic carbocycles. The van der Waals surface area contributed by atoms with Crippen molar-refractivity contribution in [1.29, 1.82) is 0 Å². The molecular weight excluding hydrogens is 150 g/mol. The van der Waals surface area contributed by atoms with Crippen LogP contribution in [-0.4, -0.2) is 12.1 Å². The van der Waals surface area contributed by atoms with Crippen molar-refractivity contribution in [2.24, 2.45) is 0 Å². The normalized spacial score (nSPS) is 7.33. The zero-order chi connectivity index (χ0) is 8.69. The van der Waals surface area contributed by atoms with E-state index in [9.17, 15) is 0 Å². The predicted octanol–water partition coefficient (Wildman–Crippen LogP) is 3.06. The Bertz CT molecular complexity index is 199. The van der Waals surface area contributed by atoms with E-state index in [1.807, 2.05) is 39.0 Å². The second kappa shape index (κ2) is 8.05. The molecule has 0 spiro atoms. The Kier molecular flexibility index (Phi) is 9.08. The summed E-state index contributed by atoms with van der Waals surface area (Å²) in [5.74, 6) is 0.676. The van der Waals surface area contributed by atoms with Crippen LogP contribution in [0.15, 0.2) is 18.2 Å². The largest absolute Gasteiger partial charge is 0.481 e. The first-order chi connectivity index (χ1) is 5.33. The van der Waals surface area contributed by atoms with Crippen molar-refractivity contribution in [3.63, 3.8) is 0 Å². The molecule has 2 nitrogen and oxygen atoms in total. The molecule has 0 bridgehead atoms. The summed E-state index contributed by atoms with van der Waals surface area (Å²) in [6, 6.07) is 5.68. The number of rotatable bonds is 1. The fourth-order valence-electron chi connectivity index (χ4n) is 0.632. The highest BCUT2D eigenvalue weighted by Crippen LogP contribution is 2.04. The second-order valence-corrected chi connectivity index (χ2v) is 1.82. The summed E-state index contributed by atoms with van der Waals surface area (Å²) in [5, 5.41) is 0. The number of aryl methyl sites for hydroxylation is 1. The maximum absolute atomic E-state index is 4.88. The molecule has 0 aliphatic heterocycles. The first-order valence-corrected chi connectivity index (χ1v) is 3.80. The minimum Gasteiger partial charge on any atom is -0.481 e. The molecule has 0 radical (unpaired) electrons. The third-order valence-corrected chi connectivity index (χ3v) is 1.07. The van der Waals surface area contributed by atoms with Crippen molar-refractivity contribution >= 4 is 0 Å². The van der Waals surface area contributed by atoms with Crippen molar-refractivity contribution in [2.75, 3.05) is 7.11 Å². The lowest BCUT2D eigenvalue weighted by atomic mass is 10.4. The first kappa shape index (κ1) is 13.5. The summed E-state index contributed by atoms with van der Waals surface area (Å²) in [5.41, 5.74) is 0.981. The molecule has 0 amide bonds. The van der Waals surface area contributed by atoms with Crippen molar-refractivity contribution in [3.05, 3.63) is 23.9 Å². The van der Waals surface area contributed by atoms with E-state index in [1.165, 1.54) is 0 Å². The standard InChI is InChI=1S/C7H9NO.C2H6.CH4/c1-6-4-3-5-7(8-6)9-2;1-2;/h3-5H,1-2H3;1-2H3;1H4. The van der Waals surface area contributed by atoms with Crippen LogP contribution in [0.1, 0.15) is 27.0 Å². The zero-order valence-electron chi connectivity index (χ0n) is 7.59. The lowest BCUT2D eigenvalue weighted by molar-refractivity contribution is 0.397. The molecule has 2 heteroatoms. The SMILES string of the molecule is C.CC.COc1cccc(C)n1. The summed E-state index contributed by atoms with van der Waals surface area (Å²) in [4.78, 5) is 4.07. The van der Waals surface area contributed by atoms with E-state index in [4.69, 9.17) is 4.74 Å². The molecule has 0 unspecified atom stereocenters. The van der Waals surface area contributed by atoms with E-state index in [2.05, 4.69) is 4.98 Å². The molecule has 1 aromatic heterocycles. The number of methoxy groups -OCH3 is 1. The van der Waals surface area contributed by atoms with Gasteiger partial charge in [0.2, 0.25) is 5.88 Å². The minimum absolute atomic E-state index is 0. The topological polar surface area (TPSA) is 22.1 Å². The lowest BCUT2D eigenvalue weighted by Crippen LogP contribution is -1.87. The van der Waals surface area contributed by atoms with E-state index in [0.29, 0.717) is 5.88 Å². The van der Waals surface area contributed by atoms with Gasteiger partial charge < -0.3 is 4.74 Å². The van der Waals surface area contributed by atoms with Crippen molar-refractivity contribution in [2.45, 2.75) is 28.2 Å². The third-order valence-electron chi connectivity index (χ3n) is 1.07. The fraction of sp³-hybridized carbons (Fsp3) is 0.500. The average molecular weight is 169 g/mol. The molecule has 0 saturated heterocycles. The van der Waals surface area contributed by atoms with Crippen LogP contribution in [0.3, 0.4) is 0 Å². The molecule has 1 heterocycles. The highest BCUT2D eigenvalue weighted by Gasteiger charge is 1.88. The average Bonchev–Trinajstić information content (AvgIpc) is 2.08. The number of hydrogen-bond donors (Lipinski definition) is 0. The van der Waals surface area contributed by atoms with Gasteiger partial charge in [0.1, 0.15) is 0 Å². The van der Waals surface area contributed by atoms with Crippen LogP contribution in [0.25, 0.3) is 0 Å². The molecule has 0 aliphatic carbocycles. The zero-order valence-corrected chi connectivity index (χ0v) is 7.59. The highest BCUT2D eigenvalue weighted by molar-refractivity contribution is 5.14. The smallest absolute Gasteiger partial charge is 0.213 e. The first-order valence-electron chi connectivity index (χ1n) is 3.80. The van der Waals surface area contributed by atoms with Gasteiger partial charge in [-0.25, -0.2) is 4.98 Å². The van der Waals surface area contributed by atoms with E-state index in [-0.39, 0.29) is 7.43 Å². The molecule has 0 aliphatic rings. The van der Waals surface area contributed by atoms with Crippen LogP contribution in [0.4, 0.5) is 0 Å². The van der Waals surface area contributed by atoms with Crippen LogP contribution in [0.2, 0.25) is 0 Å². The van der Waals surface area contributed by atoms with Crippen LogP contribution in [-0.2, 0) is 0 Å². The lowest BCUT2D eigenvalue weighted by Gasteiger charge is -1.96. The van der Waals surface area contributed by atoms with Crippen LogP contribution >= 0.6 is 0 Å². The van der Waals surface area contributed by atoms with Gasteiger partial charge in [-0.15, -0.1) is 0 Å². The number of ether oxygens (including phenoxy) is 1. The summed E-state index contributed by atoms with van der Waals surface area (Å²) in [7, 11) is 1.61. The second-order valence-electron chi connectivity index (χ2n) is 1.82. The maximum Gasteiger partial charge on any atom is 0.213 e. The number of aromatic nitrogens is 1. The molecule has 70 valence electrons. The summed E-state index contributed by atoms with van der Waals surface area (Å²) in [6.45, 7) is 5.93. The van der Waals surface area contributed by atoms with Crippen molar-refractivity contribution in [3.8, 4) is 5.88 Å². The Morgan fingerprint density at radius 3 is 2.17 bits per heavy atom. The Hall–Kier alpha value is -1.05. The van der Waals surface area contributed by atoms with Crippen LogP contribution < -0.4 is 4.74 Å². The quantitative estimate of drug-likeness (QED) is 0.644. The summed E-state index contributed by atoms with van der Waals surface area (Å²) in [6.07, 6.45) is 0. The van der Waals surface area contributed by atoms with E-state index in [0.717, 1.165) is 5.69 Å². The Labute approximate surface area is 75.6 Å². The predicted molar refractivity (Wildman–Crippen MR) is 53.6 cm³/mol. The summed E-state index contributed by atoms with van der Waals surface area (Å²) < 4.78 is 4.88.